The number of benzene rings is 1. The number of anilines is 2. The van der Waals surface area contributed by atoms with Gasteiger partial charge in [-0.05, 0) is 37.1 Å². The van der Waals surface area contributed by atoms with Crippen LogP contribution in [0.2, 0.25) is 10.0 Å². The molecular weight excluding hydrogens is 345 g/mol. The summed E-state index contributed by atoms with van der Waals surface area (Å²) in [5, 5.41) is 4.03. The average Bonchev–Trinajstić information content (AvgIpc) is 2.88. The molecule has 1 fully saturated rings. The first-order chi connectivity index (χ1) is 11.6. The standard InChI is InChI=1S/C18H19Cl2N3O/c19-14-6-5-7-15(17(14)20)22-16-12-13(8-9-21-16)18(24)23-10-3-1-2-4-11-23/h5-9,12H,1-4,10-11H2,(H,21,22). The van der Waals surface area contributed by atoms with Crippen LogP contribution in [0.1, 0.15) is 36.0 Å². The van der Waals surface area contributed by atoms with E-state index in [9.17, 15) is 4.79 Å². The van der Waals surface area contributed by atoms with Gasteiger partial charge in [-0.1, -0.05) is 42.1 Å². The molecule has 0 bridgehead atoms. The first-order valence-electron chi connectivity index (χ1n) is 8.11. The molecule has 1 aromatic carbocycles. The zero-order valence-corrected chi connectivity index (χ0v) is 14.8. The Kier molecular flexibility index (Phi) is 5.59. The molecule has 1 aliphatic rings. The maximum absolute atomic E-state index is 12.7. The Labute approximate surface area is 151 Å². The van der Waals surface area contributed by atoms with Gasteiger partial charge in [-0.3, -0.25) is 4.79 Å². The molecule has 1 amide bonds. The molecule has 4 nitrogen and oxygen atoms in total. The van der Waals surface area contributed by atoms with E-state index < -0.39 is 0 Å². The Bertz CT molecular complexity index is 728. The molecule has 6 heteroatoms. The third-order valence-corrected chi connectivity index (χ3v) is 4.93. The highest BCUT2D eigenvalue weighted by Gasteiger charge is 2.18. The lowest BCUT2D eigenvalue weighted by Gasteiger charge is -2.20. The van der Waals surface area contributed by atoms with Crippen LogP contribution in [0.4, 0.5) is 11.5 Å². The van der Waals surface area contributed by atoms with Gasteiger partial charge in [0.05, 0.1) is 15.7 Å². The van der Waals surface area contributed by atoms with Gasteiger partial charge in [-0.25, -0.2) is 4.98 Å². The Morgan fingerprint density at radius 3 is 2.58 bits per heavy atom. The van der Waals surface area contributed by atoms with Gasteiger partial charge in [-0.15, -0.1) is 0 Å². The Morgan fingerprint density at radius 1 is 1.08 bits per heavy atom. The number of pyridine rings is 1. The number of hydrogen-bond donors (Lipinski definition) is 1. The van der Waals surface area contributed by atoms with Gasteiger partial charge in [0.15, 0.2) is 0 Å². The number of likely N-dealkylation sites (tertiary alicyclic amines) is 1. The molecule has 1 aliphatic heterocycles. The lowest BCUT2D eigenvalue weighted by atomic mass is 10.2. The molecule has 0 atom stereocenters. The van der Waals surface area contributed by atoms with E-state index >= 15 is 0 Å². The molecule has 126 valence electrons. The molecule has 3 rings (SSSR count). The summed E-state index contributed by atoms with van der Waals surface area (Å²) in [4.78, 5) is 18.9. The van der Waals surface area contributed by atoms with Crippen molar-refractivity contribution in [1.29, 1.82) is 0 Å². The van der Waals surface area contributed by atoms with E-state index in [1.807, 2.05) is 17.0 Å². The third kappa shape index (κ3) is 4.00. The van der Waals surface area contributed by atoms with Crippen molar-refractivity contribution in [3.8, 4) is 0 Å². The van der Waals surface area contributed by atoms with E-state index in [1.165, 1.54) is 12.8 Å². The van der Waals surface area contributed by atoms with Crippen LogP contribution in [0, 0.1) is 0 Å². The number of nitrogens with zero attached hydrogens (tertiary/aromatic N) is 2. The van der Waals surface area contributed by atoms with Crippen LogP contribution in [0.5, 0.6) is 0 Å². The lowest BCUT2D eigenvalue weighted by molar-refractivity contribution is 0.0761. The van der Waals surface area contributed by atoms with Crippen molar-refractivity contribution in [2.75, 3.05) is 18.4 Å². The molecule has 2 aromatic rings. The molecule has 0 saturated carbocycles. The quantitative estimate of drug-likeness (QED) is 0.819. The summed E-state index contributed by atoms with van der Waals surface area (Å²) in [5.74, 6) is 0.624. The molecular formula is C18H19Cl2N3O. The fourth-order valence-corrected chi connectivity index (χ4v) is 3.17. The first kappa shape index (κ1) is 17.1. The number of rotatable bonds is 3. The van der Waals surface area contributed by atoms with Crippen LogP contribution < -0.4 is 5.32 Å². The van der Waals surface area contributed by atoms with Crippen molar-refractivity contribution in [1.82, 2.24) is 9.88 Å². The zero-order chi connectivity index (χ0) is 16.9. The Hall–Kier alpha value is -1.78. The van der Waals surface area contributed by atoms with E-state index in [1.54, 1.807) is 24.4 Å². The average molecular weight is 364 g/mol. The van der Waals surface area contributed by atoms with Crippen LogP contribution in [0.25, 0.3) is 0 Å². The van der Waals surface area contributed by atoms with Crippen molar-refractivity contribution in [2.45, 2.75) is 25.7 Å². The summed E-state index contributed by atoms with van der Waals surface area (Å²) < 4.78 is 0. The van der Waals surface area contributed by atoms with Gasteiger partial charge >= 0.3 is 0 Å². The van der Waals surface area contributed by atoms with Gasteiger partial charge in [-0.2, -0.15) is 0 Å². The summed E-state index contributed by atoms with van der Waals surface area (Å²) in [5.41, 5.74) is 1.29. The third-order valence-electron chi connectivity index (χ3n) is 4.11. The van der Waals surface area contributed by atoms with E-state index in [4.69, 9.17) is 23.2 Å². The van der Waals surface area contributed by atoms with Gasteiger partial charge in [0, 0.05) is 24.8 Å². The van der Waals surface area contributed by atoms with Gasteiger partial charge in [0.25, 0.3) is 5.91 Å². The highest BCUT2D eigenvalue weighted by molar-refractivity contribution is 6.43. The highest BCUT2D eigenvalue weighted by Crippen LogP contribution is 2.31. The number of halogens is 2. The second-order valence-corrected chi connectivity index (χ2v) is 6.65. The number of carbonyl (C=O) groups is 1. The number of nitrogens with one attached hydrogen (secondary N) is 1. The van der Waals surface area contributed by atoms with Crippen molar-refractivity contribution in [2.24, 2.45) is 0 Å². The maximum Gasteiger partial charge on any atom is 0.254 e. The normalized spacial score (nSPS) is 15.0. The van der Waals surface area contributed by atoms with E-state index in [0.29, 0.717) is 27.1 Å². The summed E-state index contributed by atoms with van der Waals surface area (Å²) >= 11 is 12.2. The largest absolute Gasteiger partial charge is 0.339 e. The topological polar surface area (TPSA) is 45.2 Å². The Balaban J connectivity index is 1.78. The minimum absolute atomic E-state index is 0.0551. The van der Waals surface area contributed by atoms with Crippen molar-refractivity contribution in [3.63, 3.8) is 0 Å². The second kappa shape index (κ2) is 7.86. The number of aromatic nitrogens is 1. The van der Waals surface area contributed by atoms with Crippen LogP contribution in [0.15, 0.2) is 36.5 Å². The van der Waals surface area contributed by atoms with Crippen molar-refractivity contribution < 1.29 is 4.79 Å². The molecule has 0 aliphatic carbocycles. The van der Waals surface area contributed by atoms with Gasteiger partial charge < -0.3 is 10.2 Å². The minimum Gasteiger partial charge on any atom is -0.339 e. The van der Waals surface area contributed by atoms with Crippen molar-refractivity contribution >= 4 is 40.6 Å². The molecule has 1 N–H and O–H groups in total. The summed E-state index contributed by atoms with van der Waals surface area (Å²) in [6.07, 6.45) is 6.16. The zero-order valence-electron chi connectivity index (χ0n) is 13.3. The van der Waals surface area contributed by atoms with Crippen LogP contribution >= 0.6 is 23.2 Å². The monoisotopic (exact) mass is 363 g/mol. The maximum atomic E-state index is 12.7. The minimum atomic E-state index is 0.0551. The molecule has 0 spiro atoms. The molecule has 24 heavy (non-hydrogen) atoms. The predicted molar refractivity (Wildman–Crippen MR) is 98.4 cm³/mol. The Morgan fingerprint density at radius 2 is 1.83 bits per heavy atom. The van der Waals surface area contributed by atoms with E-state index in [2.05, 4.69) is 10.3 Å². The van der Waals surface area contributed by atoms with E-state index in [-0.39, 0.29) is 5.91 Å². The lowest BCUT2D eigenvalue weighted by Crippen LogP contribution is -2.31. The number of amides is 1. The smallest absolute Gasteiger partial charge is 0.254 e. The summed E-state index contributed by atoms with van der Waals surface area (Å²) in [6.45, 7) is 1.65. The van der Waals surface area contributed by atoms with Crippen LogP contribution in [-0.2, 0) is 0 Å². The number of hydrogen-bond acceptors (Lipinski definition) is 3. The fourth-order valence-electron chi connectivity index (χ4n) is 2.83. The fraction of sp³-hybridized carbons (Fsp3) is 0.333. The molecule has 1 saturated heterocycles. The first-order valence-corrected chi connectivity index (χ1v) is 8.87. The van der Waals surface area contributed by atoms with Crippen molar-refractivity contribution in [3.05, 3.63) is 52.1 Å². The molecule has 2 heterocycles. The van der Waals surface area contributed by atoms with Crippen LogP contribution in [0.3, 0.4) is 0 Å². The highest BCUT2D eigenvalue weighted by atomic mass is 35.5. The summed E-state index contributed by atoms with van der Waals surface area (Å²) in [6, 6.07) is 8.85. The predicted octanol–water partition coefficient (Wildman–Crippen LogP) is 5.15. The number of carbonyl (C=O) groups excluding carboxylic acids is 1. The molecule has 1 aromatic heterocycles. The summed E-state index contributed by atoms with van der Waals surface area (Å²) in [7, 11) is 0. The van der Waals surface area contributed by atoms with Gasteiger partial charge in [0.2, 0.25) is 0 Å². The SMILES string of the molecule is O=C(c1ccnc(Nc2cccc(Cl)c2Cl)c1)N1CCCCCC1. The van der Waals surface area contributed by atoms with Gasteiger partial charge in [0.1, 0.15) is 5.82 Å². The van der Waals surface area contributed by atoms with E-state index in [0.717, 1.165) is 25.9 Å². The molecule has 0 radical (unpaired) electrons. The molecule has 0 unspecified atom stereocenters. The second-order valence-electron chi connectivity index (χ2n) is 5.86. The van der Waals surface area contributed by atoms with Crippen LogP contribution in [-0.4, -0.2) is 28.9 Å².